The van der Waals surface area contributed by atoms with E-state index in [2.05, 4.69) is 58.3 Å². The molecule has 0 aliphatic carbocycles. The molecule has 1 aliphatic heterocycles. The molecule has 0 radical (unpaired) electrons. The van der Waals surface area contributed by atoms with Crippen LogP contribution in [0.3, 0.4) is 0 Å². The van der Waals surface area contributed by atoms with Crippen molar-refractivity contribution in [2.24, 2.45) is 5.41 Å². The van der Waals surface area contributed by atoms with E-state index in [0.717, 1.165) is 16.8 Å². The molecule has 0 bridgehead atoms. The number of tetrazole rings is 1. The largest absolute Gasteiger partial charge is 0.328 e. The van der Waals surface area contributed by atoms with Gasteiger partial charge in [0.2, 0.25) is 5.91 Å². The lowest BCUT2D eigenvalue weighted by Crippen LogP contribution is -2.50. The highest BCUT2D eigenvalue weighted by Crippen LogP contribution is 2.40. The van der Waals surface area contributed by atoms with Gasteiger partial charge in [0.15, 0.2) is 0 Å². The summed E-state index contributed by atoms with van der Waals surface area (Å²) in [7, 11) is 0. The smallest absolute Gasteiger partial charge is 0.245 e. The number of carbonyl (C=O) groups excluding carboxylic acids is 1. The summed E-state index contributed by atoms with van der Waals surface area (Å²) in [5.74, 6) is 0.450. The van der Waals surface area contributed by atoms with E-state index < -0.39 is 17.1 Å². The molecule has 5 rings (SSSR count). The van der Waals surface area contributed by atoms with E-state index in [0.29, 0.717) is 25.3 Å². The Morgan fingerprint density at radius 2 is 1.85 bits per heavy atom. The van der Waals surface area contributed by atoms with Gasteiger partial charge in [-0.05, 0) is 34.4 Å². The van der Waals surface area contributed by atoms with Crippen LogP contribution in [0.1, 0.15) is 44.6 Å². The summed E-state index contributed by atoms with van der Waals surface area (Å²) >= 11 is 0. The zero-order chi connectivity index (χ0) is 27.5. The molecular formula is C29H35FN8O. The van der Waals surface area contributed by atoms with Crippen LogP contribution in [-0.2, 0) is 17.9 Å². The van der Waals surface area contributed by atoms with Gasteiger partial charge in [-0.25, -0.2) is 14.1 Å². The summed E-state index contributed by atoms with van der Waals surface area (Å²) < 4.78 is 19.5. The second kappa shape index (κ2) is 11.1. The molecule has 1 fully saturated rings. The first-order valence-corrected chi connectivity index (χ1v) is 13.3. The van der Waals surface area contributed by atoms with Gasteiger partial charge in [0.05, 0.1) is 18.3 Å². The van der Waals surface area contributed by atoms with Crippen LogP contribution in [0.25, 0.3) is 11.3 Å². The number of nitrogens with one attached hydrogen (secondary N) is 1. The zero-order valence-corrected chi connectivity index (χ0v) is 22.7. The fourth-order valence-electron chi connectivity index (χ4n) is 5.26. The van der Waals surface area contributed by atoms with Gasteiger partial charge in [0, 0.05) is 24.8 Å². The van der Waals surface area contributed by atoms with Crippen molar-refractivity contribution in [3.8, 4) is 11.3 Å². The van der Waals surface area contributed by atoms with Crippen molar-refractivity contribution in [3.05, 3.63) is 84.6 Å². The van der Waals surface area contributed by atoms with Gasteiger partial charge in [-0.1, -0.05) is 81.4 Å². The minimum absolute atomic E-state index is 0.0538. The monoisotopic (exact) mass is 530 g/mol. The summed E-state index contributed by atoms with van der Waals surface area (Å²) in [6.07, 6.45) is 3.77. The molecule has 2 aromatic carbocycles. The number of halogens is 1. The van der Waals surface area contributed by atoms with Gasteiger partial charge in [-0.3, -0.25) is 4.79 Å². The highest BCUT2D eigenvalue weighted by atomic mass is 19.1. The molecular weight excluding hydrogens is 495 g/mol. The number of amides is 1. The topological polar surface area (TPSA) is 93.8 Å². The number of hydrogen-bond donors (Lipinski definition) is 1. The highest BCUT2D eigenvalue weighted by Gasteiger charge is 2.44. The Hall–Kier alpha value is -3.92. The molecule has 0 spiro atoms. The van der Waals surface area contributed by atoms with Gasteiger partial charge in [-0.2, -0.15) is 0 Å². The molecule has 204 valence electrons. The van der Waals surface area contributed by atoms with E-state index in [-0.39, 0.29) is 25.5 Å². The lowest BCUT2D eigenvalue weighted by Gasteiger charge is -2.42. The van der Waals surface area contributed by atoms with Gasteiger partial charge in [-0.15, -0.1) is 5.10 Å². The van der Waals surface area contributed by atoms with Crippen molar-refractivity contribution in [3.63, 3.8) is 0 Å². The number of carbonyl (C=O) groups is 1. The molecule has 0 unspecified atom stereocenters. The summed E-state index contributed by atoms with van der Waals surface area (Å²) in [4.78, 5) is 20.7. The first-order valence-electron chi connectivity index (χ1n) is 13.3. The second-order valence-corrected chi connectivity index (χ2v) is 11.3. The average Bonchev–Trinajstić information content (AvgIpc) is 3.67. The van der Waals surface area contributed by atoms with Gasteiger partial charge >= 0.3 is 0 Å². The molecule has 9 nitrogen and oxygen atoms in total. The number of aromatic nitrogens is 6. The van der Waals surface area contributed by atoms with Crippen LogP contribution in [0.5, 0.6) is 0 Å². The van der Waals surface area contributed by atoms with E-state index in [1.165, 1.54) is 11.0 Å². The Bertz CT molecular complexity index is 1360. The standard InChI is InChI=1S/C29H35FN8O/c1-28(2,3)26(38(20-29(30)14-15-31-19-29)25(39)18-37-21-32-34-35-37)27-33-24(23-12-8-5-9-13-23)17-36(27)16-22-10-6-4-7-11-22/h4-13,17,21,26,31H,14-16,18-20H2,1-3H3/t26-,29-/m0/s1. The Kier molecular flexibility index (Phi) is 7.56. The van der Waals surface area contributed by atoms with Crippen LogP contribution in [0.4, 0.5) is 4.39 Å². The molecule has 2 aromatic heterocycles. The number of rotatable bonds is 9. The third-order valence-electron chi connectivity index (χ3n) is 7.10. The third kappa shape index (κ3) is 6.22. The van der Waals surface area contributed by atoms with Gasteiger partial charge < -0.3 is 14.8 Å². The molecule has 1 N–H and O–H groups in total. The summed E-state index contributed by atoms with van der Waals surface area (Å²) in [5, 5.41) is 14.3. The third-order valence-corrected chi connectivity index (χ3v) is 7.10. The van der Waals surface area contributed by atoms with Crippen molar-refractivity contribution >= 4 is 5.91 Å². The molecule has 1 saturated heterocycles. The molecule has 1 aliphatic rings. The predicted octanol–water partition coefficient (Wildman–Crippen LogP) is 3.90. The normalized spacial score (nSPS) is 18.3. The number of benzene rings is 2. The van der Waals surface area contributed by atoms with Crippen molar-refractivity contribution in [2.45, 2.75) is 52.0 Å². The minimum atomic E-state index is -1.54. The van der Waals surface area contributed by atoms with E-state index in [4.69, 9.17) is 4.98 Å². The van der Waals surface area contributed by atoms with Crippen LogP contribution in [0, 0.1) is 5.41 Å². The first kappa shape index (κ1) is 26.7. The zero-order valence-electron chi connectivity index (χ0n) is 22.7. The molecule has 1 amide bonds. The van der Waals surface area contributed by atoms with E-state index in [1.54, 1.807) is 4.90 Å². The number of hydrogen-bond acceptors (Lipinski definition) is 6. The van der Waals surface area contributed by atoms with Crippen LogP contribution in [0.2, 0.25) is 0 Å². The number of alkyl halides is 1. The maximum absolute atomic E-state index is 16.1. The SMILES string of the molecule is CC(C)(C)[C@H](c1nc(-c2ccccc2)cn1Cc1ccccc1)N(C[C@]1(F)CCNC1)C(=O)Cn1cnnn1. The van der Waals surface area contributed by atoms with E-state index in [9.17, 15) is 4.79 Å². The summed E-state index contributed by atoms with van der Waals surface area (Å²) in [5.41, 5.74) is 0.885. The molecule has 10 heteroatoms. The summed E-state index contributed by atoms with van der Waals surface area (Å²) in [6, 6.07) is 19.6. The fourth-order valence-corrected chi connectivity index (χ4v) is 5.26. The maximum atomic E-state index is 16.1. The van der Waals surface area contributed by atoms with Crippen LogP contribution >= 0.6 is 0 Å². The highest BCUT2D eigenvalue weighted by molar-refractivity contribution is 5.76. The fraction of sp³-hybridized carbons (Fsp3) is 0.414. The van der Waals surface area contributed by atoms with E-state index >= 15 is 4.39 Å². The lowest BCUT2D eigenvalue weighted by atomic mass is 9.84. The quantitative estimate of drug-likeness (QED) is 0.353. The van der Waals surface area contributed by atoms with Crippen LogP contribution in [0.15, 0.2) is 73.2 Å². The molecule has 39 heavy (non-hydrogen) atoms. The second-order valence-electron chi connectivity index (χ2n) is 11.3. The van der Waals surface area contributed by atoms with Gasteiger partial charge in [0.25, 0.3) is 0 Å². The number of nitrogens with zero attached hydrogens (tertiary/aromatic N) is 7. The predicted molar refractivity (Wildman–Crippen MR) is 146 cm³/mol. The van der Waals surface area contributed by atoms with Gasteiger partial charge in [0.1, 0.15) is 24.4 Å². The Labute approximate surface area is 228 Å². The molecule has 0 saturated carbocycles. The van der Waals surface area contributed by atoms with Crippen molar-refractivity contribution in [2.75, 3.05) is 19.6 Å². The lowest BCUT2D eigenvalue weighted by molar-refractivity contribution is -0.140. The molecule has 4 aromatic rings. The van der Waals surface area contributed by atoms with Crippen LogP contribution in [-0.4, -0.2) is 65.9 Å². The molecule has 3 heterocycles. The van der Waals surface area contributed by atoms with Crippen molar-refractivity contribution in [1.29, 1.82) is 0 Å². The minimum Gasteiger partial charge on any atom is -0.328 e. The Balaban J connectivity index is 1.62. The van der Waals surface area contributed by atoms with Crippen molar-refractivity contribution < 1.29 is 9.18 Å². The Morgan fingerprint density at radius 3 is 2.46 bits per heavy atom. The summed E-state index contributed by atoms with van der Waals surface area (Å²) in [6.45, 7) is 7.40. The number of imidazole rings is 1. The van der Waals surface area contributed by atoms with Crippen molar-refractivity contribution in [1.82, 2.24) is 40.0 Å². The van der Waals surface area contributed by atoms with Crippen LogP contribution < -0.4 is 5.32 Å². The first-order chi connectivity index (χ1) is 18.7. The van der Waals surface area contributed by atoms with E-state index in [1.807, 2.05) is 54.7 Å². The molecule has 2 atom stereocenters. The maximum Gasteiger partial charge on any atom is 0.245 e. The average molecular weight is 531 g/mol. The Morgan fingerprint density at radius 1 is 1.13 bits per heavy atom.